The summed E-state index contributed by atoms with van der Waals surface area (Å²) in [6.07, 6.45) is 4.49. The number of rotatable bonds is 6. The number of carbonyl (C=O) groups excluding carboxylic acids is 1. The molecule has 1 atom stereocenters. The van der Waals surface area contributed by atoms with Crippen LogP contribution >= 0.6 is 11.8 Å². The molecule has 1 aliphatic carbocycles. The van der Waals surface area contributed by atoms with E-state index in [9.17, 15) is 10.1 Å². The molecule has 0 radical (unpaired) electrons. The number of nitrogen functional groups attached to an aromatic ring is 1. The molecule has 8 nitrogen and oxygen atoms in total. The fourth-order valence-electron chi connectivity index (χ4n) is 3.65. The number of hydrogen-bond acceptors (Lipinski definition) is 7. The number of ether oxygens (including phenoxy) is 1. The average Bonchev–Trinajstić information content (AvgIpc) is 3.13. The Morgan fingerprint density at radius 1 is 1.31 bits per heavy atom. The maximum Gasteiger partial charge on any atom is 0.236 e. The topological polar surface area (TPSA) is 110 Å². The number of nitriles is 1. The quantitative estimate of drug-likeness (QED) is 0.571. The van der Waals surface area contributed by atoms with Gasteiger partial charge >= 0.3 is 0 Å². The van der Waals surface area contributed by atoms with Crippen LogP contribution in [0.5, 0.6) is 5.75 Å². The Morgan fingerprint density at radius 2 is 1.97 bits per heavy atom. The Kier molecular flexibility index (Phi) is 6.33. The van der Waals surface area contributed by atoms with Crippen molar-refractivity contribution in [3.05, 3.63) is 24.3 Å². The summed E-state index contributed by atoms with van der Waals surface area (Å²) in [6, 6.07) is 9.74. The lowest BCUT2D eigenvalue weighted by Gasteiger charge is -2.40. The molecule has 2 aromatic rings. The van der Waals surface area contributed by atoms with Crippen LogP contribution in [0.25, 0.3) is 11.4 Å². The summed E-state index contributed by atoms with van der Waals surface area (Å²) in [5, 5.41) is 18.1. The van der Waals surface area contributed by atoms with Gasteiger partial charge in [-0.15, -0.1) is 10.2 Å². The van der Waals surface area contributed by atoms with Gasteiger partial charge in [0.1, 0.15) is 11.3 Å². The Hall–Kier alpha value is -2.73. The predicted octanol–water partition coefficient (Wildman–Crippen LogP) is 2.83. The molecular weight excluding hydrogens is 388 g/mol. The number of thioether (sulfide) groups is 1. The molecule has 0 saturated heterocycles. The molecule has 9 heteroatoms. The van der Waals surface area contributed by atoms with E-state index in [1.807, 2.05) is 24.3 Å². The first-order valence-corrected chi connectivity index (χ1v) is 10.5. The van der Waals surface area contributed by atoms with E-state index in [-0.39, 0.29) is 5.91 Å². The van der Waals surface area contributed by atoms with E-state index in [4.69, 9.17) is 10.6 Å². The van der Waals surface area contributed by atoms with E-state index in [0.29, 0.717) is 11.0 Å². The van der Waals surface area contributed by atoms with Gasteiger partial charge in [0.15, 0.2) is 5.82 Å². The largest absolute Gasteiger partial charge is 0.497 e. The molecule has 1 aromatic heterocycles. The van der Waals surface area contributed by atoms with Gasteiger partial charge < -0.3 is 15.5 Å². The first-order valence-electron chi connectivity index (χ1n) is 9.62. The van der Waals surface area contributed by atoms with Crippen LogP contribution < -0.4 is 10.6 Å². The zero-order valence-electron chi connectivity index (χ0n) is 17.0. The summed E-state index contributed by atoms with van der Waals surface area (Å²) in [7, 11) is 3.33. The highest BCUT2D eigenvalue weighted by Gasteiger charge is 2.40. The normalized spacial score (nSPS) is 16.6. The highest BCUT2D eigenvalue weighted by Crippen LogP contribution is 2.34. The first kappa shape index (κ1) is 21.0. The van der Waals surface area contributed by atoms with Gasteiger partial charge in [-0.2, -0.15) is 5.26 Å². The van der Waals surface area contributed by atoms with Crippen LogP contribution in [0.2, 0.25) is 0 Å². The molecule has 29 heavy (non-hydrogen) atoms. The van der Waals surface area contributed by atoms with E-state index >= 15 is 0 Å². The molecular formula is C20H26N6O2S. The van der Waals surface area contributed by atoms with E-state index in [2.05, 4.69) is 16.3 Å². The van der Waals surface area contributed by atoms with Crippen LogP contribution in [0.15, 0.2) is 29.4 Å². The lowest BCUT2D eigenvalue weighted by atomic mass is 9.81. The summed E-state index contributed by atoms with van der Waals surface area (Å²) in [5.41, 5.74) is 0.0869. The number of nitrogens with zero attached hydrogens (tertiary/aromatic N) is 5. The second-order valence-corrected chi connectivity index (χ2v) is 8.57. The maximum atomic E-state index is 13.0. The minimum atomic E-state index is -0.713. The zero-order chi connectivity index (χ0) is 21.0. The second-order valence-electron chi connectivity index (χ2n) is 7.27. The van der Waals surface area contributed by atoms with Gasteiger partial charge in [0.25, 0.3) is 0 Å². The van der Waals surface area contributed by atoms with E-state index in [0.717, 1.165) is 43.4 Å². The molecule has 1 fully saturated rings. The molecule has 1 heterocycles. The number of benzene rings is 1. The third-order valence-corrected chi connectivity index (χ3v) is 6.55. The summed E-state index contributed by atoms with van der Waals surface area (Å²) < 4.78 is 6.55. The fraction of sp³-hybridized carbons (Fsp3) is 0.500. The fourth-order valence-corrected chi connectivity index (χ4v) is 4.51. The lowest BCUT2D eigenvalue weighted by Crippen LogP contribution is -2.52. The van der Waals surface area contributed by atoms with Gasteiger partial charge in [-0.05, 0) is 44.0 Å². The third kappa shape index (κ3) is 4.17. The standard InChI is InChI=1S/C20H26N6O2S/c1-14(18(27)25(2)20(13-21)11-5-4-6-12-20)29-19-24-23-17(26(19)22)15-7-9-16(28-3)10-8-15/h7-10,14H,4-6,11-12,22H2,1-3H3/t14-/m0/s1. The van der Waals surface area contributed by atoms with Gasteiger partial charge in [-0.3, -0.25) is 4.79 Å². The molecule has 1 amide bonds. The predicted molar refractivity (Wildman–Crippen MR) is 112 cm³/mol. The van der Waals surface area contributed by atoms with E-state index in [1.165, 1.54) is 16.4 Å². The number of hydrogen-bond donors (Lipinski definition) is 1. The molecule has 0 unspecified atom stereocenters. The van der Waals surface area contributed by atoms with Gasteiger partial charge in [0.05, 0.1) is 18.4 Å². The summed E-state index contributed by atoms with van der Waals surface area (Å²) >= 11 is 1.24. The van der Waals surface area contributed by atoms with Crippen molar-refractivity contribution in [3.63, 3.8) is 0 Å². The Labute approximate surface area is 175 Å². The molecule has 0 aliphatic heterocycles. The van der Waals surface area contributed by atoms with Crippen LogP contribution in [0, 0.1) is 11.3 Å². The minimum Gasteiger partial charge on any atom is -0.497 e. The SMILES string of the molecule is COc1ccc(-c2nnc(S[C@@H](C)C(=O)N(C)C3(C#N)CCCCC3)n2N)cc1. The molecule has 1 aliphatic rings. The van der Waals surface area contributed by atoms with Gasteiger partial charge in [0.2, 0.25) is 11.1 Å². The highest BCUT2D eigenvalue weighted by atomic mass is 32.2. The number of nitrogens with two attached hydrogens (primary N) is 1. The molecule has 3 rings (SSSR count). The lowest BCUT2D eigenvalue weighted by molar-refractivity contribution is -0.133. The van der Waals surface area contributed by atoms with Crippen molar-refractivity contribution >= 4 is 17.7 Å². The van der Waals surface area contributed by atoms with Crippen molar-refractivity contribution in [2.45, 2.75) is 55.0 Å². The Balaban J connectivity index is 1.73. The molecule has 1 saturated carbocycles. The van der Waals surface area contributed by atoms with Crippen LogP contribution in [0.3, 0.4) is 0 Å². The minimum absolute atomic E-state index is 0.104. The van der Waals surface area contributed by atoms with Crippen LogP contribution in [0.1, 0.15) is 39.0 Å². The summed E-state index contributed by atoms with van der Waals surface area (Å²) in [5.74, 6) is 7.33. The zero-order valence-corrected chi connectivity index (χ0v) is 17.8. The van der Waals surface area contributed by atoms with E-state index in [1.54, 1.807) is 26.0 Å². The summed E-state index contributed by atoms with van der Waals surface area (Å²) in [6.45, 7) is 1.80. The molecule has 0 bridgehead atoms. The van der Waals surface area contributed by atoms with Crippen LogP contribution in [-0.4, -0.2) is 50.6 Å². The molecule has 2 N–H and O–H groups in total. The Bertz CT molecular complexity index is 899. The van der Waals surface area contributed by atoms with Crippen molar-refractivity contribution in [2.75, 3.05) is 20.0 Å². The second kappa shape index (κ2) is 8.74. The number of carbonyl (C=O) groups is 1. The highest BCUT2D eigenvalue weighted by molar-refractivity contribution is 8.00. The third-order valence-electron chi connectivity index (χ3n) is 5.50. The van der Waals surface area contributed by atoms with Gasteiger partial charge in [-0.1, -0.05) is 31.0 Å². The summed E-state index contributed by atoms with van der Waals surface area (Å²) in [4.78, 5) is 14.6. The smallest absolute Gasteiger partial charge is 0.236 e. The molecule has 154 valence electrons. The van der Waals surface area contributed by atoms with Gasteiger partial charge in [0, 0.05) is 12.6 Å². The van der Waals surface area contributed by atoms with Crippen molar-refractivity contribution in [1.82, 2.24) is 19.8 Å². The maximum absolute atomic E-state index is 13.0. The number of amides is 1. The number of aromatic nitrogens is 3. The molecule has 0 spiro atoms. The Morgan fingerprint density at radius 3 is 2.55 bits per heavy atom. The van der Waals surface area contributed by atoms with Crippen molar-refractivity contribution in [2.24, 2.45) is 0 Å². The van der Waals surface area contributed by atoms with Crippen LogP contribution in [0.4, 0.5) is 0 Å². The van der Waals surface area contributed by atoms with Crippen molar-refractivity contribution in [3.8, 4) is 23.2 Å². The van der Waals surface area contributed by atoms with Crippen molar-refractivity contribution in [1.29, 1.82) is 5.26 Å². The number of methoxy groups -OCH3 is 1. The average molecular weight is 415 g/mol. The van der Waals surface area contributed by atoms with Crippen LogP contribution in [-0.2, 0) is 4.79 Å². The molecule has 1 aromatic carbocycles. The van der Waals surface area contributed by atoms with E-state index < -0.39 is 10.8 Å². The monoisotopic (exact) mass is 414 g/mol. The van der Waals surface area contributed by atoms with Gasteiger partial charge in [-0.25, -0.2) is 4.68 Å². The first-order chi connectivity index (χ1) is 13.9. The van der Waals surface area contributed by atoms with Crippen molar-refractivity contribution < 1.29 is 9.53 Å².